The first-order chi connectivity index (χ1) is 6.24. The zero-order chi connectivity index (χ0) is 10.1. The molecule has 1 aromatic rings. The quantitative estimate of drug-likeness (QED) is 0.683. The van der Waals surface area contributed by atoms with Gasteiger partial charge in [0.1, 0.15) is 5.75 Å². The number of benzene rings is 1. The highest BCUT2D eigenvalue weighted by molar-refractivity contribution is 5.25. The number of rotatable bonds is 2. The van der Waals surface area contributed by atoms with Crippen LogP contribution < -0.4 is 5.73 Å². The fourth-order valence-corrected chi connectivity index (χ4v) is 0.829. The Morgan fingerprint density at radius 1 is 1.38 bits per heavy atom. The van der Waals surface area contributed by atoms with E-state index < -0.39 is 0 Å². The van der Waals surface area contributed by atoms with E-state index in [-0.39, 0.29) is 0 Å². The summed E-state index contributed by atoms with van der Waals surface area (Å²) in [5.74, 6) is 0.306. The Bertz CT molecular complexity index is 228. The number of phenols is 1. The predicted molar refractivity (Wildman–Crippen MR) is 56.7 cm³/mol. The van der Waals surface area contributed by atoms with Crippen LogP contribution in [0.25, 0.3) is 0 Å². The van der Waals surface area contributed by atoms with Crippen LogP contribution in [-0.4, -0.2) is 11.7 Å². The van der Waals surface area contributed by atoms with Crippen LogP contribution in [0.3, 0.4) is 0 Å². The molecular formula is C11H17NO. The molecule has 0 fully saturated rings. The zero-order valence-corrected chi connectivity index (χ0v) is 8.03. The van der Waals surface area contributed by atoms with Gasteiger partial charge in [-0.2, -0.15) is 0 Å². The molecule has 0 aliphatic rings. The minimum Gasteiger partial charge on any atom is -0.508 e. The molecule has 0 bridgehead atoms. The molecule has 0 aromatic heterocycles. The van der Waals surface area contributed by atoms with Gasteiger partial charge in [0.05, 0.1) is 0 Å². The van der Waals surface area contributed by atoms with Crippen molar-refractivity contribution < 1.29 is 5.11 Å². The first-order valence-electron chi connectivity index (χ1n) is 4.29. The summed E-state index contributed by atoms with van der Waals surface area (Å²) in [6.45, 7) is 5.91. The average Bonchev–Trinajstić information content (AvgIpc) is 2.11. The van der Waals surface area contributed by atoms with Crippen molar-refractivity contribution in [3.63, 3.8) is 0 Å². The van der Waals surface area contributed by atoms with Crippen LogP contribution in [-0.2, 0) is 6.42 Å². The standard InChI is InChI=1S/C8H11NO.C3H6/c9-6-5-7-1-3-8(10)4-2-7;1-3-2/h1-4,10H,5-6,9H2;3H,1H2,2H3. The largest absolute Gasteiger partial charge is 0.508 e. The van der Waals surface area contributed by atoms with Gasteiger partial charge in [0.2, 0.25) is 0 Å². The maximum atomic E-state index is 8.89. The molecule has 1 aromatic carbocycles. The van der Waals surface area contributed by atoms with Crippen LogP contribution in [0.15, 0.2) is 36.9 Å². The Kier molecular flexibility index (Phi) is 6.65. The third-order valence-corrected chi connectivity index (χ3v) is 1.37. The van der Waals surface area contributed by atoms with Gasteiger partial charge < -0.3 is 10.8 Å². The van der Waals surface area contributed by atoms with E-state index in [0.717, 1.165) is 6.42 Å². The summed E-state index contributed by atoms with van der Waals surface area (Å²) in [5, 5.41) is 8.89. The van der Waals surface area contributed by atoms with E-state index in [2.05, 4.69) is 6.58 Å². The van der Waals surface area contributed by atoms with Crippen LogP contribution in [0.5, 0.6) is 5.75 Å². The van der Waals surface area contributed by atoms with Gasteiger partial charge in [-0.1, -0.05) is 18.2 Å². The summed E-state index contributed by atoms with van der Waals surface area (Å²) in [5.41, 5.74) is 6.50. The third-order valence-electron chi connectivity index (χ3n) is 1.37. The van der Waals surface area contributed by atoms with E-state index in [1.807, 2.05) is 19.1 Å². The molecule has 1 rings (SSSR count). The molecule has 0 radical (unpaired) electrons. The molecule has 3 N–H and O–H groups in total. The minimum atomic E-state index is 0.306. The number of nitrogens with two attached hydrogens (primary N) is 1. The van der Waals surface area contributed by atoms with Crippen molar-refractivity contribution in [2.24, 2.45) is 5.73 Å². The van der Waals surface area contributed by atoms with E-state index in [1.54, 1.807) is 18.2 Å². The maximum Gasteiger partial charge on any atom is 0.115 e. The van der Waals surface area contributed by atoms with Crippen LogP contribution in [0.1, 0.15) is 12.5 Å². The summed E-state index contributed by atoms with van der Waals surface area (Å²) >= 11 is 0. The predicted octanol–water partition coefficient (Wildman–Crippen LogP) is 2.09. The van der Waals surface area contributed by atoms with E-state index in [4.69, 9.17) is 10.8 Å². The fraction of sp³-hybridized carbons (Fsp3) is 0.273. The lowest BCUT2D eigenvalue weighted by molar-refractivity contribution is 0.475. The highest BCUT2D eigenvalue weighted by Crippen LogP contribution is 2.09. The molecule has 0 aliphatic heterocycles. The molecule has 0 saturated heterocycles. The van der Waals surface area contributed by atoms with Crippen molar-refractivity contribution >= 4 is 0 Å². The molecule has 0 saturated carbocycles. The Balaban J connectivity index is 0.000000424. The zero-order valence-electron chi connectivity index (χ0n) is 8.03. The van der Waals surface area contributed by atoms with Crippen LogP contribution in [0, 0.1) is 0 Å². The topological polar surface area (TPSA) is 46.2 Å². The smallest absolute Gasteiger partial charge is 0.115 e. The number of phenolic OH excluding ortho intramolecular Hbond substituents is 1. The first-order valence-corrected chi connectivity index (χ1v) is 4.29. The molecule has 13 heavy (non-hydrogen) atoms. The SMILES string of the molecule is C=CC.NCCc1ccc(O)cc1. The molecule has 0 spiro atoms. The second kappa shape index (κ2) is 7.37. The van der Waals surface area contributed by atoms with Gasteiger partial charge in [0.25, 0.3) is 0 Å². The van der Waals surface area contributed by atoms with Gasteiger partial charge in [-0.15, -0.1) is 6.58 Å². The van der Waals surface area contributed by atoms with Gasteiger partial charge in [-0.05, 0) is 37.6 Å². The van der Waals surface area contributed by atoms with Crippen molar-refractivity contribution in [3.05, 3.63) is 42.5 Å². The Morgan fingerprint density at radius 3 is 2.23 bits per heavy atom. The van der Waals surface area contributed by atoms with Gasteiger partial charge >= 0.3 is 0 Å². The Morgan fingerprint density at radius 2 is 1.85 bits per heavy atom. The van der Waals surface area contributed by atoms with E-state index in [9.17, 15) is 0 Å². The first kappa shape index (κ1) is 11.7. The number of allylic oxidation sites excluding steroid dienone is 1. The summed E-state index contributed by atoms with van der Waals surface area (Å²) < 4.78 is 0. The van der Waals surface area contributed by atoms with Crippen molar-refractivity contribution in [1.29, 1.82) is 0 Å². The van der Waals surface area contributed by atoms with Crippen LogP contribution in [0.4, 0.5) is 0 Å². The third kappa shape index (κ3) is 5.93. The lowest BCUT2D eigenvalue weighted by Gasteiger charge is -1.96. The Hall–Kier alpha value is -1.28. The average molecular weight is 179 g/mol. The molecule has 0 heterocycles. The van der Waals surface area contributed by atoms with Crippen LogP contribution >= 0.6 is 0 Å². The van der Waals surface area contributed by atoms with E-state index in [0.29, 0.717) is 12.3 Å². The lowest BCUT2D eigenvalue weighted by atomic mass is 10.1. The monoisotopic (exact) mass is 179 g/mol. The summed E-state index contributed by atoms with van der Waals surface area (Å²) in [6, 6.07) is 7.10. The molecule has 0 aliphatic carbocycles. The lowest BCUT2D eigenvalue weighted by Crippen LogP contribution is -2.01. The van der Waals surface area contributed by atoms with Crippen molar-refractivity contribution in [1.82, 2.24) is 0 Å². The summed E-state index contributed by atoms with van der Waals surface area (Å²) in [7, 11) is 0. The summed E-state index contributed by atoms with van der Waals surface area (Å²) in [4.78, 5) is 0. The van der Waals surface area contributed by atoms with Gasteiger partial charge in [-0.25, -0.2) is 0 Å². The molecule has 0 atom stereocenters. The van der Waals surface area contributed by atoms with Gasteiger partial charge in [0.15, 0.2) is 0 Å². The normalized spacial score (nSPS) is 8.46. The van der Waals surface area contributed by atoms with Crippen molar-refractivity contribution in [2.45, 2.75) is 13.3 Å². The second-order valence-electron chi connectivity index (χ2n) is 2.61. The molecular weight excluding hydrogens is 162 g/mol. The maximum absolute atomic E-state index is 8.89. The highest BCUT2D eigenvalue weighted by Gasteiger charge is 1.89. The molecule has 0 amide bonds. The van der Waals surface area contributed by atoms with Gasteiger partial charge in [0, 0.05) is 0 Å². The van der Waals surface area contributed by atoms with E-state index >= 15 is 0 Å². The highest BCUT2D eigenvalue weighted by atomic mass is 16.3. The van der Waals surface area contributed by atoms with E-state index in [1.165, 1.54) is 5.56 Å². The number of aromatic hydroxyl groups is 1. The minimum absolute atomic E-state index is 0.306. The van der Waals surface area contributed by atoms with Crippen molar-refractivity contribution in [2.75, 3.05) is 6.54 Å². The molecule has 72 valence electrons. The molecule has 0 unspecified atom stereocenters. The Labute approximate surface area is 79.7 Å². The fourth-order valence-electron chi connectivity index (χ4n) is 0.829. The molecule has 2 nitrogen and oxygen atoms in total. The summed E-state index contributed by atoms with van der Waals surface area (Å²) in [6.07, 6.45) is 2.63. The van der Waals surface area contributed by atoms with Gasteiger partial charge in [-0.3, -0.25) is 0 Å². The second-order valence-corrected chi connectivity index (χ2v) is 2.61. The van der Waals surface area contributed by atoms with Crippen LogP contribution in [0.2, 0.25) is 0 Å². The number of hydrogen-bond acceptors (Lipinski definition) is 2. The number of hydrogen-bond donors (Lipinski definition) is 2. The van der Waals surface area contributed by atoms with Crippen molar-refractivity contribution in [3.8, 4) is 5.75 Å². The molecule has 2 heteroatoms.